The Morgan fingerprint density at radius 1 is 1.43 bits per heavy atom. The van der Waals surface area contributed by atoms with Crippen molar-refractivity contribution in [2.24, 2.45) is 11.8 Å². The van der Waals surface area contributed by atoms with E-state index in [2.05, 4.69) is 15.1 Å². The Hall–Kier alpha value is -1.80. The first-order chi connectivity index (χ1) is 11.1. The lowest BCUT2D eigenvalue weighted by atomic mass is 9.76. The molecular formula is C16H20N4O3. The van der Waals surface area contributed by atoms with E-state index >= 15 is 0 Å². The molecular weight excluding hydrogens is 296 g/mol. The molecule has 1 aromatic heterocycles. The Bertz CT molecular complexity index is 734. The highest BCUT2D eigenvalue weighted by Crippen LogP contribution is 2.35. The lowest BCUT2D eigenvalue weighted by Crippen LogP contribution is -2.99. The number of benzene rings is 1. The molecule has 3 aliphatic heterocycles. The molecule has 0 saturated carbocycles. The first-order valence-corrected chi connectivity index (χ1v) is 8.09. The number of aromatic nitrogens is 2. The van der Waals surface area contributed by atoms with Gasteiger partial charge < -0.3 is 10.1 Å². The lowest BCUT2D eigenvalue weighted by Gasteiger charge is -2.44. The summed E-state index contributed by atoms with van der Waals surface area (Å²) < 4.78 is 0. The molecule has 3 saturated heterocycles. The van der Waals surface area contributed by atoms with Crippen LogP contribution in [0.5, 0.6) is 0 Å². The third kappa shape index (κ3) is 2.66. The number of nitrogens with one attached hydrogen (secondary N) is 2. The number of hydrogen-bond donors (Lipinski definition) is 3. The quantitative estimate of drug-likeness (QED) is 0.575. The predicted octanol–water partition coefficient (Wildman–Crippen LogP) is 0.881. The van der Waals surface area contributed by atoms with Crippen LogP contribution in [0.4, 0.5) is 5.69 Å². The molecule has 1 unspecified atom stereocenters. The maximum absolute atomic E-state index is 12.7. The summed E-state index contributed by atoms with van der Waals surface area (Å²) in [5.41, 5.74) is 1.25. The Kier molecular flexibility index (Phi) is 3.65. The lowest BCUT2D eigenvalue weighted by molar-refractivity contribution is -0.991. The average Bonchev–Trinajstić information content (AvgIpc) is 2.99. The molecule has 0 amide bonds. The molecule has 3 N–H and O–H groups in total. The second kappa shape index (κ2) is 5.68. The predicted molar refractivity (Wildman–Crippen MR) is 83.5 cm³/mol. The van der Waals surface area contributed by atoms with Gasteiger partial charge >= 0.3 is 0 Å². The summed E-state index contributed by atoms with van der Waals surface area (Å²) >= 11 is 0. The van der Waals surface area contributed by atoms with Crippen molar-refractivity contribution in [1.82, 2.24) is 15.1 Å². The number of carbonyl (C=O) groups excluding carboxylic acids is 1. The van der Waals surface area contributed by atoms with E-state index in [0.29, 0.717) is 34.9 Å². The van der Waals surface area contributed by atoms with Gasteiger partial charge in [-0.1, -0.05) is 0 Å². The number of nitrogens with zero attached hydrogens (tertiary/aromatic N) is 2. The number of aromatic amines is 1. The fourth-order valence-electron chi connectivity index (χ4n) is 4.01. The highest BCUT2D eigenvalue weighted by molar-refractivity contribution is 6.06. The number of rotatable bonds is 4. The van der Waals surface area contributed by atoms with E-state index in [4.69, 9.17) is 5.21 Å². The van der Waals surface area contributed by atoms with Crippen LogP contribution in [0.2, 0.25) is 0 Å². The third-order valence-electron chi connectivity index (χ3n) is 5.31. The minimum absolute atomic E-state index is 0.0116. The van der Waals surface area contributed by atoms with Gasteiger partial charge in [0, 0.05) is 30.5 Å². The van der Waals surface area contributed by atoms with Gasteiger partial charge in [0.1, 0.15) is 5.69 Å². The van der Waals surface area contributed by atoms with Gasteiger partial charge in [0.2, 0.25) is 0 Å². The van der Waals surface area contributed by atoms with Gasteiger partial charge in [0.25, 0.3) is 0 Å². The normalized spacial score (nSPS) is 28.2. The van der Waals surface area contributed by atoms with E-state index in [1.165, 1.54) is 25.0 Å². The number of Topliss-reactive ketones (excluding diaryl/α,β-unsaturated/α-hetero) is 1. The molecule has 3 fully saturated rings. The van der Waals surface area contributed by atoms with Crippen LogP contribution in [-0.2, 0) is 0 Å². The Balaban J connectivity index is 1.58. The van der Waals surface area contributed by atoms with E-state index in [9.17, 15) is 10.0 Å². The van der Waals surface area contributed by atoms with Gasteiger partial charge in [0.15, 0.2) is 11.5 Å². The molecule has 5 rings (SSSR count). The van der Waals surface area contributed by atoms with Crippen LogP contribution >= 0.6 is 0 Å². The fraction of sp³-hybridized carbons (Fsp3) is 0.500. The first kappa shape index (κ1) is 14.8. The monoisotopic (exact) mass is 316 g/mol. The van der Waals surface area contributed by atoms with Crippen LogP contribution < -0.4 is 5.23 Å². The number of carbonyl (C=O) groups is 1. The number of quaternary nitrogens is 1. The number of piperidine rings is 3. The van der Waals surface area contributed by atoms with Crippen molar-refractivity contribution in [3.63, 3.8) is 0 Å². The van der Waals surface area contributed by atoms with E-state index < -0.39 is 5.23 Å². The standard InChI is InChI=1S/C16H20N4O3/c21-15(7-11-9-19-5-3-10(11)4-6-19)16-13-8-12(20(22)23)1-2-14(13)17-18-16/h1-2,8,10-11,20,22H,3-7,9H2,(H,17,18)/t11-/m0/s1. The first-order valence-electron chi connectivity index (χ1n) is 8.09. The number of hydrogen-bond acceptors (Lipinski definition) is 5. The highest BCUT2D eigenvalue weighted by atomic mass is 16.8. The van der Waals surface area contributed by atoms with Crippen LogP contribution in [0.1, 0.15) is 29.8 Å². The minimum Gasteiger partial charge on any atom is -0.595 e. The van der Waals surface area contributed by atoms with E-state index in [1.54, 1.807) is 6.07 Å². The van der Waals surface area contributed by atoms with Crippen molar-refractivity contribution in [2.75, 3.05) is 19.6 Å². The van der Waals surface area contributed by atoms with Gasteiger partial charge in [-0.05, 0) is 43.8 Å². The van der Waals surface area contributed by atoms with Crippen LogP contribution in [0, 0.1) is 17.0 Å². The molecule has 2 atom stereocenters. The minimum atomic E-state index is -0.996. The number of ketones is 1. The molecule has 2 bridgehead atoms. The van der Waals surface area contributed by atoms with E-state index in [0.717, 1.165) is 19.6 Å². The summed E-state index contributed by atoms with van der Waals surface area (Å²) in [4.78, 5) is 15.1. The average molecular weight is 316 g/mol. The van der Waals surface area contributed by atoms with E-state index in [-0.39, 0.29) is 11.5 Å². The van der Waals surface area contributed by atoms with Gasteiger partial charge in [-0.2, -0.15) is 10.3 Å². The second-order valence-electron chi connectivity index (χ2n) is 6.66. The summed E-state index contributed by atoms with van der Waals surface area (Å²) in [6.07, 6.45) is 2.86. The van der Waals surface area contributed by atoms with Crippen molar-refractivity contribution in [3.8, 4) is 0 Å². The van der Waals surface area contributed by atoms with Gasteiger partial charge in [0.05, 0.1) is 5.52 Å². The van der Waals surface area contributed by atoms with Gasteiger partial charge in [-0.25, -0.2) is 5.21 Å². The van der Waals surface area contributed by atoms with Gasteiger partial charge in [-0.3, -0.25) is 9.89 Å². The van der Waals surface area contributed by atoms with Crippen molar-refractivity contribution in [3.05, 3.63) is 29.1 Å². The SMILES string of the molecule is O=C(C[C@H]1CN2CCC1CC2)c1n[nH]c2ccc([NH+]([O-])O)cc12. The summed E-state index contributed by atoms with van der Waals surface area (Å²) in [5, 5.41) is 26.8. The third-order valence-corrected chi connectivity index (χ3v) is 5.31. The van der Waals surface area contributed by atoms with Crippen molar-refractivity contribution >= 4 is 22.4 Å². The van der Waals surface area contributed by atoms with Crippen LogP contribution in [-0.4, -0.2) is 45.7 Å². The summed E-state index contributed by atoms with van der Waals surface area (Å²) in [5.74, 6) is 1.06. The van der Waals surface area contributed by atoms with Crippen LogP contribution in [0.25, 0.3) is 10.9 Å². The number of H-pyrrole nitrogens is 1. The fourth-order valence-corrected chi connectivity index (χ4v) is 4.01. The molecule has 0 radical (unpaired) electrons. The Morgan fingerprint density at radius 2 is 2.22 bits per heavy atom. The zero-order valence-corrected chi connectivity index (χ0v) is 12.8. The van der Waals surface area contributed by atoms with Crippen molar-refractivity contribution in [1.29, 1.82) is 0 Å². The molecule has 7 nitrogen and oxygen atoms in total. The van der Waals surface area contributed by atoms with Crippen molar-refractivity contribution in [2.45, 2.75) is 19.3 Å². The molecule has 4 heterocycles. The Labute approximate surface area is 133 Å². The highest BCUT2D eigenvalue weighted by Gasteiger charge is 2.35. The molecule has 23 heavy (non-hydrogen) atoms. The van der Waals surface area contributed by atoms with Crippen LogP contribution in [0.3, 0.4) is 0 Å². The molecule has 1 aromatic carbocycles. The molecule has 122 valence electrons. The molecule has 2 aromatic rings. The van der Waals surface area contributed by atoms with Crippen LogP contribution in [0.15, 0.2) is 18.2 Å². The summed E-state index contributed by atoms with van der Waals surface area (Å²) in [7, 11) is 0. The van der Waals surface area contributed by atoms with Crippen molar-refractivity contribution < 1.29 is 15.2 Å². The summed E-state index contributed by atoms with van der Waals surface area (Å²) in [6.45, 7) is 3.31. The smallest absolute Gasteiger partial charge is 0.184 e. The zero-order valence-electron chi connectivity index (χ0n) is 12.8. The maximum atomic E-state index is 12.7. The maximum Gasteiger partial charge on any atom is 0.184 e. The topological polar surface area (TPSA) is 96.7 Å². The Morgan fingerprint density at radius 3 is 2.87 bits per heavy atom. The molecule has 7 heteroatoms. The second-order valence-corrected chi connectivity index (χ2v) is 6.66. The molecule has 0 spiro atoms. The van der Waals surface area contributed by atoms with E-state index in [1.807, 2.05) is 0 Å². The molecule has 3 aliphatic rings. The van der Waals surface area contributed by atoms with Gasteiger partial charge in [-0.15, -0.1) is 0 Å². The number of fused-ring (bicyclic) bond motifs is 4. The summed E-state index contributed by atoms with van der Waals surface area (Å²) in [6, 6.07) is 4.71. The largest absolute Gasteiger partial charge is 0.595 e. The zero-order chi connectivity index (χ0) is 16.0. The molecule has 0 aliphatic carbocycles.